The van der Waals surface area contributed by atoms with Crippen LogP contribution < -0.4 is 10.1 Å². The zero-order valence-corrected chi connectivity index (χ0v) is 26.1. The van der Waals surface area contributed by atoms with Crippen molar-refractivity contribution in [3.63, 3.8) is 0 Å². The summed E-state index contributed by atoms with van der Waals surface area (Å²) in [5.41, 5.74) is 3.79. The van der Waals surface area contributed by atoms with Crippen molar-refractivity contribution in [1.82, 2.24) is 15.1 Å². The highest BCUT2D eigenvalue weighted by Gasteiger charge is 2.40. The van der Waals surface area contributed by atoms with Gasteiger partial charge in [-0.15, -0.1) is 0 Å². The number of benzene rings is 4. The van der Waals surface area contributed by atoms with Crippen LogP contribution in [0.5, 0.6) is 11.5 Å². The number of halogens is 3. The number of unbranched alkanes of at least 4 members (excludes halogenated alkanes) is 1. The maximum Gasteiger partial charge on any atom is 0.406 e. The first kappa shape index (κ1) is 32.3. The van der Waals surface area contributed by atoms with E-state index >= 15 is 0 Å². The average Bonchev–Trinajstić information content (AvgIpc) is 3.41. The number of para-hydroxylation sites is 2. The van der Waals surface area contributed by atoms with E-state index in [9.17, 15) is 22.8 Å². The van der Waals surface area contributed by atoms with E-state index in [1.165, 1.54) is 0 Å². The van der Waals surface area contributed by atoms with Gasteiger partial charge in [-0.1, -0.05) is 78.9 Å². The topological polar surface area (TPSA) is 61.9 Å². The Morgan fingerprint density at radius 2 is 1.38 bits per heavy atom. The molecule has 0 spiro atoms. The summed E-state index contributed by atoms with van der Waals surface area (Å²) < 4.78 is 46.9. The van der Waals surface area contributed by atoms with Crippen molar-refractivity contribution in [2.24, 2.45) is 0 Å². The highest BCUT2D eigenvalue weighted by atomic mass is 19.4. The minimum absolute atomic E-state index is 0.0144. The highest BCUT2D eigenvalue weighted by molar-refractivity contribution is 5.97. The van der Waals surface area contributed by atoms with Gasteiger partial charge in [0.15, 0.2) is 0 Å². The monoisotopic (exact) mass is 641 g/mol. The molecule has 2 amide bonds. The number of fused-ring (bicyclic) bond motifs is 3. The average molecular weight is 642 g/mol. The van der Waals surface area contributed by atoms with E-state index in [1.807, 2.05) is 91.0 Å². The molecule has 0 saturated carbocycles. The summed E-state index contributed by atoms with van der Waals surface area (Å²) in [6.45, 7) is 1.03. The van der Waals surface area contributed by atoms with Gasteiger partial charge in [-0.2, -0.15) is 13.2 Å². The van der Waals surface area contributed by atoms with E-state index in [0.717, 1.165) is 59.6 Å². The molecule has 4 aromatic carbocycles. The molecular weight excluding hydrogens is 603 g/mol. The van der Waals surface area contributed by atoms with Crippen LogP contribution in [0.15, 0.2) is 103 Å². The second-order valence-electron chi connectivity index (χ2n) is 12.2. The number of nitrogens with zero attached hydrogens (tertiary/aromatic N) is 2. The van der Waals surface area contributed by atoms with Crippen molar-refractivity contribution >= 4 is 11.8 Å². The standard InChI is InChI=1S/C38H38F3N3O3/c39-38(40,41)26-44(37(46)35-31-16-6-4-14-29(31)30-15-5-7-17-32(30)35)23-11-10-22-43-24-20-27(21-25-43)42-36(45)33-18-8-9-19-34(33)47-28-12-2-1-3-13-28/h1-9,12-19,27,35H,10-11,20-26H2,(H,42,45). The van der Waals surface area contributed by atoms with Gasteiger partial charge < -0.3 is 19.9 Å². The molecule has 4 aromatic rings. The van der Waals surface area contributed by atoms with Gasteiger partial charge in [-0.3, -0.25) is 9.59 Å². The first-order valence-corrected chi connectivity index (χ1v) is 16.2. The molecule has 0 bridgehead atoms. The molecule has 0 radical (unpaired) electrons. The number of likely N-dealkylation sites (tertiary alicyclic amines) is 1. The molecular formula is C38H38F3N3O3. The van der Waals surface area contributed by atoms with Gasteiger partial charge in [-0.05, 0) is 78.7 Å². The molecule has 0 aromatic heterocycles. The van der Waals surface area contributed by atoms with Crippen molar-refractivity contribution in [2.45, 2.75) is 43.8 Å². The Kier molecular flexibility index (Phi) is 9.92. The van der Waals surface area contributed by atoms with E-state index in [0.29, 0.717) is 29.9 Å². The lowest BCUT2D eigenvalue weighted by Gasteiger charge is -2.33. The van der Waals surface area contributed by atoms with Gasteiger partial charge >= 0.3 is 6.18 Å². The third-order valence-electron chi connectivity index (χ3n) is 8.94. The number of amides is 2. The lowest BCUT2D eigenvalue weighted by Crippen LogP contribution is -2.45. The zero-order chi connectivity index (χ0) is 32.8. The Labute approximate surface area is 273 Å². The van der Waals surface area contributed by atoms with Crippen LogP contribution in [0.2, 0.25) is 0 Å². The van der Waals surface area contributed by atoms with E-state index in [4.69, 9.17) is 4.74 Å². The minimum Gasteiger partial charge on any atom is -0.457 e. The molecule has 1 aliphatic carbocycles. The molecule has 0 unspecified atom stereocenters. The molecule has 47 heavy (non-hydrogen) atoms. The zero-order valence-electron chi connectivity index (χ0n) is 26.1. The number of hydrogen-bond donors (Lipinski definition) is 1. The number of carbonyl (C=O) groups is 2. The number of rotatable bonds is 11. The van der Waals surface area contributed by atoms with Crippen molar-refractivity contribution < 1.29 is 27.5 Å². The summed E-state index contributed by atoms with van der Waals surface area (Å²) in [4.78, 5) is 30.2. The molecule has 6 rings (SSSR count). The van der Waals surface area contributed by atoms with Crippen LogP contribution in [0.3, 0.4) is 0 Å². The Morgan fingerprint density at radius 3 is 2.04 bits per heavy atom. The van der Waals surface area contributed by atoms with Gasteiger partial charge in [0, 0.05) is 25.7 Å². The maximum absolute atomic E-state index is 13.8. The summed E-state index contributed by atoms with van der Waals surface area (Å²) in [7, 11) is 0. The van der Waals surface area contributed by atoms with Crippen LogP contribution in [0.4, 0.5) is 13.2 Å². The predicted octanol–water partition coefficient (Wildman–Crippen LogP) is 7.66. The van der Waals surface area contributed by atoms with Gasteiger partial charge in [-0.25, -0.2) is 0 Å². The third kappa shape index (κ3) is 7.85. The van der Waals surface area contributed by atoms with Crippen molar-refractivity contribution in [1.29, 1.82) is 0 Å². The van der Waals surface area contributed by atoms with E-state index < -0.39 is 24.5 Å². The SMILES string of the molecule is O=C(NC1CCN(CCCCN(CC(F)(F)F)C(=O)C2c3ccccc3-c3ccccc32)CC1)c1ccccc1Oc1ccccc1. The molecule has 244 valence electrons. The Balaban J connectivity index is 0.996. The van der Waals surface area contributed by atoms with Crippen LogP contribution in [0.1, 0.15) is 53.1 Å². The Bertz CT molecular complexity index is 1640. The third-order valence-corrected chi connectivity index (χ3v) is 8.94. The normalized spacial score (nSPS) is 15.1. The molecule has 1 fully saturated rings. The fraction of sp³-hybridized carbons (Fsp3) is 0.316. The Morgan fingerprint density at radius 1 is 0.787 bits per heavy atom. The summed E-state index contributed by atoms with van der Waals surface area (Å²) >= 11 is 0. The van der Waals surface area contributed by atoms with Gasteiger partial charge in [0.1, 0.15) is 18.0 Å². The molecule has 1 heterocycles. The lowest BCUT2D eigenvalue weighted by molar-refractivity contribution is -0.161. The molecule has 2 aliphatic rings. The number of alkyl halides is 3. The van der Waals surface area contributed by atoms with Gasteiger partial charge in [0.2, 0.25) is 5.91 Å². The Hall–Kier alpha value is -4.63. The summed E-state index contributed by atoms with van der Waals surface area (Å²) in [5.74, 6) is -0.283. The second-order valence-corrected chi connectivity index (χ2v) is 12.2. The molecule has 1 saturated heterocycles. The maximum atomic E-state index is 13.8. The van der Waals surface area contributed by atoms with E-state index in [1.54, 1.807) is 12.1 Å². The smallest absolute Gasteiger partial charge is 0.406 e. The number of nitrogens with one attached hydrogen (secondary N) is 1. The van der Waals surface area contributed by atoms with E-state index in [-0.39, 0.29) is 18.5 Å². The molecule has 1 aliphatic heterocycles. The van der Waals surface area contributed by atoms with Crippen LogP contribution in [-0.4, -0.2) is 66.6 Å². The first-order chi connectivity index (χ1) is 22.8. The summed E-state index contributed by atoms with van der Waals surface area (Å²) in [6.07, 6.45) is -1.82. The van der Waals surface area contributed by atoms with Crippen LogP contribution in [-0.2, 0) is 4.79 Å². The molecule has 6 nitrogen and oxygen atoms in total. The number of ether oxygens (including phenoxy) is 1. The van der Waals surface area contributed by atoms with Gasteiger partial charge in [0.05, 0.1) is 11.5 Å². The van der Waals surface area contributed by atoms with Crippen LogP contribution >= 0.6 is 0 Å². The van der Waals surface area contributed by atoms with Crippen molar-refractivity contribution in [3.05, 3.63) is 120 Å². The van der Waals surface area contributed by atoms with Crippen LogP contribution in [0.25, 0.3) is 11.1 Å². The largest absolute Gasteiger partial charge is 0.457 e. The highest BCUT2D eigenvalue weighted by Crippen LogP contribution is 2.45. The summed E-state index contributed by atoms with van der Waals surface area (Å²) in [5, 5.41) is 3.14. The fourth-order valence-electron chi connectivity index (χ4n) is 6.65. The molecule has 1 N–H and O–H groups in total. The number of hydrogen-bond acceptors (Lipinski definition) is 4. The fourth-order valence-corrected chi connectivity index (χ4v) is 6.65. The quantitative estimate of drug-likeness (QED) is 0.171. The van der Waals surface area contributed by atoms with Crippen molar-refractivity contribution in [3.8, 4) is 22.6 Å². The number of piperidine rings is 1. The number of carbonyl (C=O) groups excluding carboxylic acids is 2. The lowest BCUT2D eigenvalue weighted by atomic mass is 9.95. The summed E-state index contributed by atoms with van der Waals surface area (Å²) in [6, 6.07) is 31.4. The minimum atomic E-state index is -4.49. The molecule has 9 heteroatoms. The molecule has 0 atom stereocenters. The second kappa shape index (κ2) is 14.4. The predicted molar refractivity (Wildman–Crippen MR) is 175 cm³/mol. The van der Waals surface area contributed by atoms with Crippen LogP contribution in [0, 0.1) is 0 Å². The first-order valence-electron chi connectivity index (χ1n) is 16.2. The van der Waals surface area contributed by atoms with Crippen molar-refractivity contribution in [2.75, 3.05) is 32.7 Å². The van der Waals surface area contributed by atoms with E-state index in [2.05, 4.69) is 10.2 Å². The van der Waals surface area contributed by atoms with Gasteiger partial charge in [0.25, 0.3) is 5.91 Å².